The highest BCUT2D eigenvalue weighted by Gasteiger charge is 2.21. The Hall–Kier alpha value is -2.87. The summed E-state index contributed by atoms with van der Waals surface area (Å²) in [6, 6.07) is 14.3. The third-order valence-corrected chi connectivity index (χ3v) is 5.25. The molecule has 0 radical (unpaired) electrons. The zero-order chi connectivity index (χ0) is 21.3. The second-order valence-electron chi connectivity index (χ2n) is 6.62. The highest BCUT2D eigenvalue weighted by atomic mass is 32.2. The number of hydrogen-bond donors (Lipinski definition) is 1. The molecule has 1 amide bonds. The molecule has 29 heavy (non-hydrogen) atoms. The third kappa shape index (κ3) is 7.23. The lowest BCUT2D eigenvalue weighted by atomic mass is 10.2. The fourth-order valence-electron chi connectivity index (χ4n) is 2.55. The fraction of sp³-hybridized carbons (Fsp3) is 0.333. The van der Waals surface area contributed by atoms with Crippen LogP contribution in [0.1, 0.15) is 30.9 Å². The lowest BCUT2D eigenvalue weighted by Gasteiger charge is -2.23. The molecular weight excluding hydrogens is 390 g/mol. The van der Waals surface area contributed by atoms with Gasteiger partial charge in [-0.3, -0.25) is 9.10 Å². The van der Waals surface area contributed by atoms with Gasteiger partial charge in [0.2, 0.25) is 10.0 Å². The number of ether oxygens (including phenoxy) is 1. The summed E-state index contributed by atoms with van der Waals surface area (Å²) >= 11 is 0. The minimum atomic E-state index is -3.62. The average Bonchev–Trinajstić information content (AvgIpc) is 2.67. The van der Waals surface area contributed by atoms with Crippen molar-refractivity contribution in [3.05, 3.63) is 59.7 Å². The lowest BCUT2D eigenvalue weighted by Crippen LogP contribution is -2.39. The minimum absolute atomic E-state index is 0.356. The Morgan fingerprint density at radius 2 is 1.86 bits per heavy atom. The first kappa shape index (κ1) is 22.4. The number of anilines is 1. The van der Waals surface area contributed by atoms with Gasteiger partial charge in [0, 0.05) is 0 Å². The van der Waals surface area contributed by atoms with Gasteiger partial charge in [0.15, 0.2) is 0 Å². The van der Waals surface area contributed by atoms with E-state index < -0.39 is 15.9 Å². The lowest BCUT2D eigenvalue weighted by molar-refractivity contribution is -0.119. The smallest absolute Gasteiger partial charge is 0.260 e. The summed E-state index contributed by atoms with van der Waals surface area (Å²) in [5.74, 6) is 0.246. The van der Waals surface area contributed by atoms with Gasteiger partial charge < -0.3 is 4.74 Å². The largest absolute Gasteiger partial charge is 0.494 e. The molecule has 0 saturated heterocycles. The zero-order valence-corrected chi connectivity index (χ0v) is 17.8. The number of carbonyl (C=O) groups is 1. The molecule has 0 atom stereocenters. The molecule has 0 heterocycles. The van der Waals surface area contributed by atoms with Gasteiger partial charge >= 0.3 is 0 Å². The molecule has 156 valence electrons. The van der Waals surface area contributed by atoms with Crippen molar-refractivity contribution in [3.63, 3.8) is 0 Å². The predicted octanol–water partition coefficient (Wildman–Crippen LogP) is 3.09. The van der Waals surface area contributed by atoms with Crippen molar-refractivity contribution in [2.45, 2.75) is 26.7 Å². The molecule has 0 fully saturated rings. The van der Waals surface area contributed by atoms with E-state index >= 15 is 0 Å². The maximum absolute atomic E-state index is 12.2. The number of hydrogen-bond acceptors (Lipinski definition) is 5. The van der Waals surface area contributed by atoms with E-state index in [0.717, 1.165) is 40.3 Å². The number of para-hydroxylation sites is 1. The molecule has 0 spiro atoms. The standard InChI is InChI=1S/C21H27N3O4S/c1-4-5-14-28-19-12-10-18(11-13-19)15-22-23-21(25)16-24(29(3,26)27)20-9-7-6-8-17(20)2/h6-13,15H,4-5,14,16H2,1-3H3,(H,23,25)/b22-15+. The van der Waals surface area contributed by atoms with E-state index in [1.165, 1.54) is 6.21 Å². The van der Waals surface area contributed by atoms with E-state index in [2.05, 4.69) is 17.5 Å². The van der Waals surface area contributed by atoms with Gasteiger partial charge in [0.25, 0.3) is 5.91 Å². The minimum Gasteiger partial charge on any atom is -0.494 e. The summed E-state index contributed by atoms with van der Waals surface area (Å²) in [6.07, 6.45) is 4.64. The number of nitrogens with zero attached hydrogens (tertiary/aromatic N) is 2. The van der Waals surface area contributed by atoms with Crippen molar-refractivity contribution >= 4 is 27.8 Å². The Kier molecular flexibility index (Phi) is 8.21. The van der Waals surface area contributed by atoms with Gasteiger partial charge in [-0.25, -0.2) is 13.8 Å². The molecule has 7 nitrogen and oxygen atoms in total. The molecule has 2 aromatic rings. The Balaban J connectivity index is 1.96. The number of hydrazone groups is 1. The van der Waals surface area contributed by atoms with Crippen molar-refractivity contribution in [2.24, 2.45) is 5.10 Å². The molecule has 0 saturated carbocycles. The van der Waals surface area contributed by atoms with Gasteiger partial charge in [-0.05, 0) is 54.8 Å². The maximum atomic E-state index is 12.2. The predicted molar refractivity (Wildman–Crippen MR) is 116 cm³/mol. The zero-order valence-electron chi connectivity index (χ0n) is 17.0. The molecule has 0 aromatic heterocycles. The summed E-state index contributed by atoms with van der Waals surface area (Å²) in [5.41, 5.74) is 4.38. The summed E-state index contributed by atoms with van der Waals surface area (Å²) < 4.78 is 30.9. The Morgan fingerprint density at radius 1 is 1.17 bits per heavy atom. The average molecular weight is 418 g/mol. The Labute approximate surface area is 172 Å². The first-order valence-corrected chi connectivity index (χ1v) is 11.2. The van der Waals surface area contributed by atoms with E-state index in [4.69, 9.17) is 4.74 Å². The van der Waals surface area contributed by atoms with E-state index in [0.29, 0.717) is 12.3 Å². The topological polar surface area (TPSA) is 88.1 Å². The van der Waals surface area contributed by atoms with Gasteiger partial charge in [0.05, 0.1) is 24.8 Å². The van der Waals surface area contributed by atoms with Crippen LogP contribution in [0.2, 0.25) is 0 Å². The Morgan fingerprint density at radius 3 is 2.48 bits per heavy atom. The number of amides is 1. The van der Waals surface area contributed by atoms with Crippen LogP contribution >= 0.6 is 0 Å². The normalized spacial score (nSPS) is 11.4. The molecule has 2 aromatic carbocycles. The van der Waals surface area contributed by atoms with Crippen LogP contribution in [0.25, 0.3) is 0 Å². The first-order valence-electron chi connectivity index (χ1n) is 9.39. The monoisotopic (exact) mass is 417 g/mol. The number of carbonyl (C=O) groups excluding carboxylic acids is 1. The summed E-state index contributed by atoms with van der Waals surface area (Å²) in [4.78, 5) is 12.2. The summed E-state index contributed by atoms with van der Waals surface area (Å²) in [5, 5.41) is 3.91. The molecule has 0 aliphatic heterocycles. The van der Waals surface area contributed by atoms with Crippen LogP contribution < -0.4 is 14.5 Å². The Bertz CT molecular complexity index is 941. The quantitative estimate of drug-likeness (QED) is 0.366. The SMILES string of the molecule is CCCCOc1ccc(/C=N/NC(=O)CN(c2ccccc2C)S(C)(=O)=O)cc1. The van der Waals surface area contributed by atoms with Crippen LogP contribution in [0.5, 0.6) is 5.75 Å². The van der Waals surface area contributed by atoms with E-state index in [-0.39, 0.29) is 6.54 Å². The van der Waals surface area contributed by atoms with E-state index in [9.17, 15) is 13.2 Å². The summed E-state index contributed by atoms with van der Waals surface area (Å²) in [7, 11) is -3.62. The van der Waals surface area contributed by atoms with Crippen molar-refractivity contribution in [3.8, 4) is 5.75 Å². The number of aryl methyl sites for hydroxylation is 1. The second kappa shape index (κ2) is 10.6. The third-order valence-electron chi connectivity index (χ3n) is 4.12. The van der Waals surface area contributed by atoms with Crippen LogP contribution in [0.15, 0.2) is 53.6 Å². The molecule has 0 aliphatic carbocycles. The summed E-state index contributed by atoms with van der Waals surface area (Å²) in [6.45, 7) is 4.22. The molecule has 8 heteroatoms. The molecular formula is C21H27N3O4S. The van der Waals surface area contributed by atoms with Crippen molar-refractivity contribution in [1.82, 2.24) is 5.43 Å². The number of rotatable bonds is 10. The fourth-order valence-corrected chi connectivity index (χ4v) is 3.47. The van der Waals surface area contributed by atoms with Crippen molar-refractivity contribution in [2.75, 3.05) is 23.7 Å². The maximum Gasteiger partial charge on any atom is 0.260 e. The number of benzene rings is 2. The highest BCUT2D eigenvalue weighted by Crippen LogP contribution is 2.21. The number of unbranched alkanes of at least 4 members (excludes halogenated alkanes) is 1. The van der Waals surface area contributed by atoms with Crippen molar-refractivity contribution < 1.29 is 17.9 Å². The van der Waals surface area contributed by atoms with Crippen molar-refractivity contribution in [1.29, 1.82) is 0 Å². The van der Waals surface area contributed by atoms with Gasteiger partial charge in [-0.15, -0.1) is 0 Å². The van der Waals surface area contributed by atoms with Crippen LogP contribution in [0, 0.1) is 6.92 Å². The molecule has 2 rings (SSSR count). The highest BCUT2D eigenvalue weighted by molar-refractivity contribution is 7.92. The molecule has 0 aliphatic rings. The van der Waals surface area contributed by atoms with E-state index in [1.807, 2.05) is 30.3 Å². The van der Waals surface area contributed by atoms with Gasteiger partial charge in [-0.1, -0.05) is 31.5 Å². The van der Waals surface area contributed by atoms with E-state index in [1.54, 1.807) is 25.1 Å². The van der Waals surface area contributed by atoms with Crippen LogP contribution in [-0.2, 0) is 14.8 Å². The van der Waals surface area contributed by atoms with Gasteiger partial charge in [0.1, 0.15) is 12.3 Å². The molecule has 0 unspecified atom stereocenters. The van der Waals surface area contributed by atoms with Crippen LogP contribution in [-0.4, -0.2) is 39.9 Å². The van der Waals surface area contributed by atoms with Gasteiger partial charge in [-0.2, -0.15) is 5.10 Å². The molecule has 1 N–H and O–H groups in total. The van der Waals surface area contributed by atoms with Crippen LogP contribution in [0.4, 0.5) is 5.69 Å². The number of sulfonamides is 1. The second-order valence-corrected chi connectivity index (χ2v) is 8.53. The first-order chi connectivity index (χ1) is 13.8. The van der Waals surface area contributed by atoms with Crippen LogP contribution in [0.3, 0.4) is 0 Å². The number of nitrogens with one attached hydrogen (secondary N) is 1. The molecule has 0 bridgehead atoms.